The maximum Gasteiger partial charge on any atom is 0.397 e. The van der Waals surface area contributed by atoms with Gasteiger partial charge in [0, 0.05) is 0 Å². The number of unbranched alkanes of at least 4 members (excludes halogenated alkanes) is 14. The summed E-state index contributed by atoms with van der Waals surface area (Å²) in [7, 11) is -4.31. The van der Waals surface area contributed by atoms with Crippen molar-refractivity contribution in [3.05, 3.63) is 0 Å². The quantitative estimate of drug-likeness (QED) is 0.158. The van der Waals surface area contributed by atoms with Crippen LogP contribution in [0.5, 0.6) is 0 Å². The van der Waals surface area contributed by atoms with E-state index < -0.39 is 10.4 Å². The molecule has 1 N–H and O–H groups in total. The molecular formula is C22H46O4S. The van der Waals surface area contributed by atoms with Gasteiger partial charge in [-0.25, -0.2) is 4.18 Å². The molecule has 0 aliphatic carbocycles. The zero-order valence-corrected chi connectivity index (χ0v) is 18.9. The Morgan fingerprint density at radius 2 is 0.963 bits per heavy atom. The molecule has 0 amide bonds. The van der Waals surface area contributed by atoms with Crippen LogP contribution < -0.4 is 0 Å². The Morgan fingerprint density at radius 1 is 0.630 bits per heavy atom. The van der Waals surface area contributed by atoms with E-state index in [9.17, 15) is 8.42 Å². The van der Waals surface area contributed by atoms with E-state index in [-0.39, 0.29) is 12.5 Å². The molecule has 0 heterocycles. The highest BCUT2D eigenvalue weighted by Crippen LogP contribution is 2.20. The van der Waals surface area contributed by atoms with Crippen LogP contribution in [0.15, 0.2) is 0 Å². The van der Waals surface area contributed by atoms with Crippen molar-refractivity contribution < 1.29 is 17.2 Å². The number of rotatable bonds is 21. The Labute approximate surface area is 169 Å². The highest BCUT2D eigenvalue weighted by atomic mass is 32.3. The molecule has 0 aromatic carbocycles. The van der Waals surface area contributed by atoms with Gasteiger partial charge in [0.15, 0.2) is 0 Å². The third kappa shape index (κ3) is 22.0. The van der Waals surface area contributed by atoms with Gasteiger partial charge < -0.3 is 0 Å². The van der Waals surface area contributed by atoms with E-state index in [0.717, 1.165) is 25.7 Å². The molecule has 0 saturated heterocycles. The summed E-state index contributed by atoms with van der Waals surface area (Å²) in [5.74, 6) is 0.243. The summed E-state index contributed by atoms with van der Waals surface area (Å²) >= 11 is 0. The lowest BCUT2D eigenvalue weighted by Gasteiger charge is -2.16. The molecule has 0 aromatic heterocycles. The van der Waals surface area contributed by atoms with Crippen LogP contribution in [-0.2, 0) is 14.6 Å². The number of hydrogen-bond acceptors (Lipinski definition) is 3. The van der Waals surface area contributed by atoms with Crippen LogP contribution >= 0.6 is 0 Å². The predicted molar refractivity (Wildman–Crippen MR) is 115 cm³/mol. The van der Waals surface area contributed by atoms with E-state index in [2.05, 4.69) is 18.0 Å². The summed E-state index contributed by atoms with van der Waals surface area (Å²) < 4.78 is 35.1. The van der Waals surface area contributed by atoms with Gasteiger partial charge >= 0.3 is 10.4 Å². The summed E-state index contributed by atoms with van der Waals surface area (Å²) in [4.78, 5) is 0. The Bertz CT molecular complexity index is 395. The average molecular weight is 407 g/mol. The molecule has 1 atom stereocenters. The van der Waals surface area contributed by atoms with E-state index in [4.69, 9.17) is 4.55 Å². The van der Waals surface area contributed by atoms with Crippen molar-refractivity contribution in [3.8, 4) is 0 Å². The van der Waals surface area contributed by atoms with Gasteiger partial charge in [-0.3, -0.25) is 4.55 Å². The molecule has 0 aliphatic rings. The fraction of sp³-hybridized carbons (Fsp3) is 1.00. The van der Waals surface area contributed by atoms with Gasteiger partial charge in [0.1, 0.15) is 0 Å². The Balaban J connectivity index is 3.66. The van der Waals surface area contributed by atoms with Crippen LogP contribution in [0.1, 0.15) is 129 Å². The van der Waals surface area contributed by atoms with E-state index in [1.807, 2.05) is 0 Å². The van der Waals surface area contributed by atoms with Crippen molar-refractivity contribution in [2.45, 2.75) is 129 Å². The Morgan fingerprint density at radius 3 is 1.33 bits per heavy atom. The standard InChI is InChI=1S/C22H46O4S/c1-3-5-7-9-10-11-12-13-14-15-16-18-20-22(19-17-8-6-4-2)21-26-27(23,24)25/h22H,3-21H2,1-2H3,(H,23,24,25). The van der Waals surface area contributed by atoms with Crippen molar-refractivity contribution in [2.75, 3.05) is 6.61 Å². The Kier molecular flexibility index (Phi) is 19.1. The highest BCUT2D eigenvalue weighted by molar-refractivity contribution is 7.80. The molecule has 0 rings (SSSR count). The van der Waals surface area contributed by atoms with Crippen LogP contribution in [0.3, 0.4) is 0 Å². The molecular weight excluding hydrogens is 360 g/mol. The van der Waals surface area contributed by atoms with Crippen molar-refractivity contribution in [3.63, 3.8) is 0 Å². The first kappa shape index (κ1) is 26.9. The van der Waals surface area contributed by atoms with E-state index in [0.29, 0.717) is 0 Å². The van der Waals surface area contributed by atoms with E-state index >= 15 is 0 Å². The second kappa shape index (κ2) is 19.2. The third-order valence-electron chi connectivity index (χ3n) is 5.38. The maximum absolute atomic E-state index is 10.8. The monoisotopic (exact) mass is 406 g/mol. The molecule has 0 aromatic rings. The first-order chi connectivity index (χ1) is 13.0. The van der Waals surface area contributed by atoms with Gasteiger partial charge in [-0.05, 0) is 18.8 Å². The number of hydrogen-bond donors (Lipinski definition) is 1. The maximum atomic E-state index is 10.8. The summed E-state index contributed by atoms with van der Waals surface area (Å²) in [5.41, 5.74) is 0. The van der Waals surface area contributed by atoms with Crippen molar-refractivity contribution in [2.24, 2.45) is 5.92 Å². The van der Waals surface area contributed by atoms with Gasteiger partial charge in [-0.2, -0.15) is 8.42 Å². The molecule has 0 spiro atoms. The topological polar surface area (TPSA) is 63.6 Å². The summed E-state index contributed by atoms with van der Waals surface area (Å²) in [5, 5.41) is 0. The Hall–Kier alpha value is -0.130. The lowest BCUT2D eigenvalue weighted by atomic mass is 9.95. The lowest BCUT2D eigenvalue weighted by Crippen LogP contribution is -2.14. The minimum absolute atomic E-state index is 0.128. The van der Waals surface area contributed by atoms with Crippen molar-refractivity contribution >= 4 is 10.4 Å². The van der Waals surface area contributed by atoms with Crippen LogP contribution in [0.25, 0.3) is 0 Å². The average Bonchev–Trinajstić information content (AvgIpc) is 2.62. The molecule has 5 heteroatoms. The molecule has 0 radical (unpaired) electrons. The molecule has 0 aliphatic heterocycles. The van der Waals surface area contributed by atoms with E-state index in [1.54, 1.807) is 0 Å². The lowest BCUT2D eigenvalue weighted by molar-refractivity contribution is 0.204. The highest BCUT2D eigenvalue weighted by Gasteiger charge is 2.13. The van der Waals surface area contributed by atoms with Gasteiger partial charge in [-0.1, -0.05) is 117 Å². The minimum Gasteiger partial charge on any atom is -0.264 e. The van der Waals surface area contributed by atoms with Crippen LogP contribution in [0, 0.1) is 5.92 Å². The largest absolute Gasteiger partial charge is 0.397 e. The van der Waals surface area contributed by atoms with Crippen molar-refractivity contribution in [1.29, 1.82) is 0 Å². The van der Waals surface area contributed by atoms with E-state index in [1.165, 1.54) is 89.9 Å². The normalized spacial score (nSPS) is 13.1. The first-order valence-electron chi connectivity index (χ1n) is 11.6. The van der Waals surface area contributed by atoms with Crippen LogP contribution in [0.2, 0.25) is 0 Å². The summed E-state index contributed by atoms with van der Waals surface area (Å²) in [6.07, 6.45) is 22.7. The zero-order valence-electron chi connectivity index (χ0n) is 18.1. The minimum atomic E-state index is -4.31. The smallest absolute Gasteiger partial charge is 0.264 e. The van der Waals surface area contributed by atoms with Crippen LogP contribution in [-0.4, -0.2) is 19.6 Å². The van der Waals surface area contributed by atoms with Gasteiger partial charge in [-0.15, -0.1) is 0 Å². The fourth-order valence-corrected chi connectivity index (χ4v) is 3.99. The molecule has 0 fully saturated rings. The molecule has 27 heavy (non-hydrogen) atoms. The predicted octanol–water partition coefficient (Wildman–Crippen LogP) is 7.48. The molecule has 0 bridgehead atoms. The molecule has 1 unspecified atom stereocenters. The first-order valence-corrected chi connectivity index (χ1v) is 13.0. The summed E-state index contributed by atoms with van der Waals surface area (Å²) in [6.45, 7) is 4.57. The fourth-order valence-electron chi connectivity index (χ4n) is 3.63. The molecule has 0 saturated carbocycles. The van der Waals surface area contributed by atoms with Crippen LogP contribution in [0.4, 0.5) is 0 Å². The van der Waals surface area contributed by atoms with Gasteiger partial charge in [0.05, 0.1) is 6.61 Å². The SMILES string of the molecule is CCCCCCCCCCCCCCC(CCCCCC)COS(=O)(=O)O. The summed E-state index contributed by atoms with van der Waals surface area (Å²) in [6, 6.07) is 0. The third-order valence-corrected chi connectivity index (χ3v) is 5.82. The van der Waals surface area contributed by atoms with Gasteiger partial charge in [0.2, 0.25) is 0 Å². The van der Waals surface area contributed by atoms with Gasteiger partial charge in [0.25, 0.3) is 0 Å². The van der Waals surface area contributed by atoms with Crippen molar-refractivity contribution in [1.82, 2.24) is 0 Å². The second-order valence-corrected chi connectivity index (χ2v) is 9.20. The zero-order chi connectivity index (χ0) is 20.2. The second-order valence-electron chi connectivity index (χ2n) is 8.11. The molecule has 164 valence electrons. The molecule has 4 nitrogen and oxygen atoms in total.